The molecule has 0 N–H and O–H groups in total. The number of nitrogens with zero attached hydrogens (tertiary/aromatic N) is 4. The second-order valence-electron chi connectivity index (χ2n) is 7.79. The molecule has 0 atom stereocenters. The second-order valence-corrected chi connectivity index (χ2v) is 7.79. The zero-order valence-corrected chi connectivity index (χ0v) is 21.2. The van der Waals surface area contributed by atoms with Gasteiger partial charge in [-0.3, -0.25) is 0 Å². The maximum atomic E-state index is 5.92. The maximum absolute atomic E-state index is 5.92. The molecule has 3 aromatic heterocycles. The van der Waals surface area contributed by atoms with Gasteiger partial charge in [0.25, 0.3) is 6.20 Å². The van der Waals surface area contributed by atoms with E-state index in [1.165, 1.54) is 0 Å². The van der Waals surface area contributed by atoms with Crippen LogP contribution in [0.25, 0.3) is 33.3 Å². The number of aromatic nitrogens is 2. The van der Waals surface area contributed by atoms with Gasteiger partial charge in [0.15, 0.2) is 11.7 Å². The summed E-state index contributed by atoms with van der Waals surface area (Å²) in [5, 5.41) is 2.07. The van der Waals surface area contributed by atoms with E-state index in [9.17, 15) is 0 Å². The number of hydrogen-bond donors (Lipinski definition) is 0. The zero-order chi connectivity index (χ0) is 22.6. The molecule has 0 bridgehead atoms. The van der Waals surface area contributed by atoms with Crippen LogP contribution in [0.3, 0.4) is 0 Å². The van der Waals surface area contributed by atoms with Crippen molar-refractivity contribution in [2.24, 2.45) is 0 Å². The smallest absolute Gasteiger partial charge is 0.493 e. The van der Waals surface area contributed by atoms with Gasteiger partial charge in [0.05, 0.1) is 5.58 Å². The Labute approximate surface area is 211 Å². The molecule has 1 aliphatic heterocycles. The molecule has 5 nitrogen and oxygen atoms in total. The predicted molar refractivity (Wildman–Crippen MR) is 128 cm³/mol. The minimum atomic E-state index is 0. The van der Waals surface area contributed by atoms with Crippen molar-refractivity contribution in [3.05, 3.63) is 104 Å². The Morgan fingerprint density at radius 2 is 1.71 bits per heavy atom. The van der Waals surface area contributed by atoms with Gasteiger partial charge in [-0.15, -0.1) is 42.0 Å². The first-order valence-corrected chi connectivity index (χ1v) is 10.8. The molecule has 1 radical (unpaired) electrons. The van der Waals surface area contributed by atoms with E-state index in [2.05, 4.69) is 42.0 Å². The molecule has 0 aliphatic carbocycles. The van der Waals surface area contributed by atoms with Crippen LogP contribution in [-0.2, 0) is 20.1 Å². The molecule has 0 fully saturated rings. The summed E-state index contributed by atoms with van der Waals surface area (Å²) in [6.45, 7) is 4.24. The molecule has 0 unspecified atom stereocenters. The summed E-state index contributed by atoms with van der Waals surface area (Å²) in [5.74, 6) is 0. The molecular weight excluding hydrogens is 601 g/mol. The van der Waals surface area contributed by atoms with Crippen molar-refractivity contribution in [3.8, 4) is 11.3 Å². The van der Waals surface area contributed by atoms with Crippen LogP contribution in [0.1, 0.15) is 13.8 Å². The number of furan rings is 1. The average Bonchev–Trinajstić information content (AvgIpc) is 3.51. The molecule has 0 saturated heterocycles. The van der Waals surface area contributed by atoms with Crippen LogP contribution >= 0.6 is 0 Å². The fraction of sp³-hybridized carbons (Fsp3) is 0.107. The largest absolute Gasteiger partial charge is 0.495 e. The Morgan fingerprint density at radius 3 is 2.44 bits per heavy atom. The fourth-order valence-corrected chi connectivity index (χ4v) is 3.56. The van der Waals surface area contributed by atoms with Crippen molar-refractivity contribution in [2.75, 3.05) is 0 Å². The standard InChI is InChI=1S/C17H14N3O.C11H8N.Ir/c1-12(2)19-9-10-20(11-19)15-7-3-5-13-14-6-4-8-18-17(14)21-16(13)15;1-2-6-10(7-3-1)11-8-4-5-9-12-11;/h3-6,8-10,12H,1-2H3;1-6,8-9H;/q+1;-1;. The van der Waals surface area contributed by atoms with E-state index in [1.54, 1.807) is 12.4 Å². The molecular formula is C28H22IrN4O. The Balaban J connectivity index is 0.000000180. The van der Waals surface area contributed by atoms with Crippen molar-refractivity contribution in [1.82, 2.24) is 9.97 Å². The molecule has 4 heterocycles. The first-order valence-electron chi connectivity index (χ1n) is 10.8. The number of pyridine rings is 2. The van der Waals surface area contributed by atoms with Crippen molar-refractivity contribution in [1.29, 1.82) is 0 Å². The fourth-order valence-electron chi connectivity index (χ4n) is 3.56. The summed E-state index contributed by atoms with van der Waals surface area (Å²) in [6, 6.07) is 31.6. The van der Waals surface area contributed by atoms with Gasteiger partial charge in [-0.05, 0) is 37.7 Å². The van der Waals surface area contributed by atoms with Crippen LogP contribution in [0.15, 0.2) is 95.9 Å². The number of rotatable bonds is 3. The van der Waals surface area contributed by atoms with Crippen molar-refractivity contribution in [3.63, 3.8) is 0 Å². The van der Waals surface area contributed by atoms with Gasteiger partial charge in [0.1, 0.15) is 0 Å². The van der Waals surface area contributed by atoms with Crippen LogP contribution in [0.5, 0.6) is 0 Å². The Hall–Kier alpha value is -3.69. The van der Waals surface area contributed by atoms with E-state index in [4.69, 9.17) is 4.42 Å². The SMILES string of the molecule is CC(C)[N+]1=C=[N+](c2[c-]ccc3c2oc2ncccc23)C=C1.[Ir].[c-]1ccccc1-c1ccccn1. The third-order valence-electron chi connectivity index (χ3n) is 5.24. The summed E-state index contributed by atoms with van der Waals surface area (Å²) in [4.78, 5) is 8.50. The van der Waals surface area contributed by atoms with Gasteiger partial charge in [-0.25, -0.2) is 4.98 Å². The second kappa shape index (κ2) is 10.5. The molecule has 6 rings (SSSR count). The van der Waals surface area contributed by atoms with E-state index in [0.29, 0.717) is 11.8 Å². The van der Waals surface area contributed by atoms with Crippen LogP contribution in [-0.4, -0.2) is 31.2 Å². The third kappa shape index (κ3) is 4.80. The minimum absolute atomic E-state index is 0. The summed E-state index contributed by atoms with van der Waals surface area (Å²) in [6.07, 6.45) is 7.49. The van der Waals surface area contributed by atoms with Crippen LogP contribution in [0, 0.1) is 12.1 Å². The Bertz CT molecular complexity index is 1480. The van der Waals surface area contributed by atoms with E-state index >= 15 is 0 Å². The first-order chi connectivity index (χ1) is 16.2. The minimum Gasteiger partial charge on any atom is -0.495 e. The van der Waals surface area contributed by atoms with E-state index in [-0.39, 0.29) is 20.1 Å². The number of hydrogen-bond acceptors (Lipinski definition) is 3. The number of benzene rings is 2. The Morgan fingerprint density at radius 1 is 0.853 bits per heavy atom. The monoisotopic (exact) mass is 623 g/mol. The van der Waals surface area contributed by atoms with Crippen molar-refractivity contribution >= 4 is 33.8 Å². The van der Waals surface area contributed by atoms with Crippen LogP contribution < -0.4 is 0 Å². The molecule has 169 valence electrons. The van der Waals surface area contributed by atoms with Gasteiger partial charge in [-0.2, -0.15) is 12.1 Å². The predicted octanol–water partition coefficient (Wildman–Crippen LogP) is 6.05. The topological polar surface area (TPSA) is 44.9 Å². The van der Waals surface area contributed by atoms with E-state index in [1.807, 2.05) is 88.3 Å². The van der Waals surface area contributed by atoms with Crippen molar-refractivity contribution < 1.29 is 33.7 Å². The summed E-state index contributed by atoms with van der Waals surface area (Å²) >= 11 is 0. The van der Waals surface area contributed by atoms with Crippen LogP contribution in [0.2, 0.25) is 0 Å². The van der Waals surface area contributed by atoms with Gasteiger partial charge >= 0.3 is 6.01 Å². The van der Waals surface area contributed by atoms with Crippen LogP contribution in [0.4, 0.5) is 5.69 Å². The van der Waals surface area contributed by atoms with Gasteiger partial charge in [0, 0.05) is 37.9 Å². The summed E-state index contributed by atoms with van der Waals surface area (Å²) in [7, 11) is 0. The quantitative estimate of drug-likeness (QED) is 0.182. The molecule has 1 aliphatic rings. The molecule has 2 aromatic carbocycles. The number of fused-ring (bicyclic) bond motifs is 3. The summed E-state index contributed by atoms with van der Waals surface area (Å²) < 4.78 is 9.84. The van der Waals surface area contributed by atoms with Gasteiger partial charge in [-0.1, -0.05) is 26.7 Å². The van der Waals surface area contributed by atoms with E-state index < -0.39 is 0 Å². The molecule has 0 amide bonds. The molecule has 6 heteroatoms. The zero-order valence-electron chi connectivity index (χ0n) is 18.8. The molecule has 5 aromatic rings. The average molecular weight is 623 g/mol. The first kappa shape index (κ1) is 23.5. The summed E-state index contributed by atoms with van der Waals surface area (Å²) in [5.41, 5.74) is 4.30. The maximum Gasteiger partial charge on any atom is 0.493 e. The van der Waals surface area contributed by atoms with Crippen molar-refractivity contribution in [2.45, 2.75) is 19.9 Å². The van der Waals surface area contributed by atoms with E-state index in [0.717, 1.165) is 33.3 Å². The Kier molecular flexibility index (Phi) is 7.24. The molecule has 34 heavy (non-hydrogen) atoms. The third-order valence-corrected chi connectivity index (χ3v) is 5.24. The normalized spacial score (nSPS) is 12.2. The molecule has 0 saturated carbocycles. The van der Waals surface area contributed by atoms with Gasteiger partial charge in [0.2, 0.25) is 11.9 Å². The molecule has 0 spiro atoms. The van der Waals surface area contributed by atoms with Gasteiger partial charge < -0.3 is 9.40 Å².